The van der Waals surface area contributed by atoms with E-state index in [1.807, 2.05) is 31.2 Å². The van der Waals surface area contributed by atoms with Crippen molar-refractivity contribution in [2.75, 3.05) is 5.32 Å². The van der Waals surface area contributed by atoms with Gasteiger partial charge in [-0.3, -0.25) is 4.79 Å². The summed E-state index contributed by atoms with van der Waals surface area (Å²) in [6, 6.07) is 11.3. The van der Waals surface area contributed by atoms with Gasteiger partial charge in [0.15, 0.2) is 11.6 Å². The molecule has 26 heavy (non-hydrogen) atoms. The van der Waals surface area contributed by atoms with Crippen molar-refractivity contribution in [2.24, 2.45) is 0 Å². The number of rotatable bonds is 6. The number of hydrogen-bond acceptors (Lipinski definition) is 4. The van der Waals surface area contributed by atoms with Crippen LogP contribution in [0.1, 0.15) is 16.3 Å². The van der Waals surface area contributed by atoms with Crippen LogP contribution in [0.2, 0.25) is 0 Å². The number of benzene rings is 2. The molecule has 0 unspecified atom stereocenters. The van der Waals surface area contributed by atoms with Gasteiger partial charge in [0, 0.05) is 5.38 Å². The molecule has 0 atom stereocenters. The number of hydrogen-bond donors (Lipinski definition) is 1. The topological polar surface area (TPSA) is 51.2 Å². The number of ether oxygens (including phenoxy) is 1. The lowest BCUT2D eigenvalue weighted by Crippen LogP contribution is -2.16. The second-order valence-corrected chi connectivity index (χ2v) is 6.60. The average Bonchev–Trinajstić information content (AvgIpc) is 3.06. The van der Waals surface area contributed by atoms with Crippen LogP contribution in [-0.2, 0) is 17.8 Å². The summed E-state index contributed by atoms with van der Waals surface area (Å²) in [5, 5.41) is 4.82. The van der Waals surface area contributed by atoms with Gasteiger partial charge in [-0.05, 0) is 31.2 Å². The van der Waals surface area contributed by atoms with Crippen LogP contribution in [0.3, 0.4) is 0 Å². The number of carbonyl (C=O) groups excluding carboxylic acids is 1. The fourth-order valence-corrected chi connectivity index (χ4v) is 2.94. The van der Waals surface area contributed by atoms with Crippen molar-refractivity contribution in [1.82, 2.24) is 4.98 Å². The van der Waals surface area contributed by atoms with Gasteiger partial charge < -0.3 is 10.1 Å². The summed E-state index contributed by atoms with van der Waals surface area (Å²) in [5.74, 6) is -1.81. The Balaban J connectivity index is 1.55. The number of amides is 1. The second kappa shape index (κ2) is 8.05. The Hall–Kier alpha value is -2.80. The van der Waals surface area contributed by atoms with Gasteiger partial charge in [-0.2, -0.15) is 0 Å². The first-order valence-electron chi connectivity index (χ1n) is 7.88. The number of aromatic nitrogens is 1. The van der Waals surface area contributed by atoms with Crippen molar-refractivity contribution in [3.63, 3.8) is 0 Å². The van der Waals surface area contributed by atoms with Crippen LogP contribution in [0.25, 0.3) is 0 Å². The fraction of sp³-hybridized carbons (Fsp3) is 0.158. The molecule has 1 N–H and O–H groups in total. The molecule has 0 aliphatic rings. The zero-order valence-corrected chi connectivity index (χ0v) is 14.8. The molecule has 4 nitrogen and oxygen atoms in total. The highest BCUT2D eigenvalue weighted by Crippen LogP contribution is 2.18. The Bertz CT molecular complexity index is 910. The molecule has 134 valence electrons. The molecule has 0 aliphatic heterocycles. The van der Waals surface area contributed by atoms with Crippen LogP contribution in [0.15, 0.2) is 47.8 Å². The molecule has 1 heterocycles. The molecule has 1 amide bonds. The minimum atomic E-state index is -1.08. The zero-order valence-electron chi connectivity index (χ0n) is 14.0. The average molecular weight is 374 g/mol. The third-order valence-corrected chi connectivity index (χ3v) is 4.42. The molecule has 3 aromatic rings. The monoisotopic (exact) mass is 374 g/mol. The van der Waals surface area contributed by atoms with E-state index in [0.29, 0.717) is 12.3 Å². The van der Waals surface area contributed by atoms with Crippen LogP contribution in [-0.4, -0.2) is 10.9 Å². The lowest BCUT2D eigenvalue weighted by molar-refractivity contribution is -0.115. The zero-order chi connectivity index (χ0) is 18.5. The van der Waals surface area contributed by atoms with Crippen LogP contribution >= 0.6 is 11.3 Å². The summed E-state index contributed by atoms with van der Waals surface area (Å²) in [4.78, 5) is 16.3. The molecule has 0 radical (unpaired) electrons. The van der Waals surface area contributed by atoms with E-state index < -0.39 is 17.5 Å². The minimum Gasteiger partial charge on any atom is -0.486 e. The number of halogens is 2. The summed E-state index contributed by atoms with van der Waals surface area (Å²) in [5.41, 5.74) is 1.51. The van der Waals surface area contributed by atoms with Gasteiger partial charge in [0.25, 0.3) is 0 Å². The van der Waals surface area contributed by atoms with Gasteiger partial charge in [0.1, 0.15) is 17.4 Å². The second-order valence-electron chi connectivity index (χ2n) is 5.66. The first-order chi connectivity index (χ1) is 12.5. The molecule has 3 rings (SSSR count). The Morgan fingerprint density at radius 1 is 1.19 bits per heavy atom. The highest BCUT2D eigenvalue weighted by Gasteiger charge is 2.13. The number of nitrogens with zero attached hydrogens (tertiary/aromatic N) is 1. The van der Waals surface area contributed by atoms with Crippen molar-refractivity contribution < 1.29 is 18.3 Å². The van der Waals surface area contributed by atoms with Gasteiger partial charge in [-0.25, -0.2) is 13.8 Å². The minimum absolute atomic E-state index is 0.0308. The van der Waals surface area contributed by atoms with E-state index in [4.69, 9.17) is 4.74 Å². The van der Waals surface area contributed by atoms with Gasteiger partial charge in [0.05, 0.1) is 17.8 Å². The number of carbonyl (C=O) groups is 1. The molecule has 0 saturated heterocycles. The van der Waals surface area contributed by atoms with Crippen LogP contribution in [0.5, 0.6) is 5.75 Å². The smallest absolute Gasteiger partial charge is 0.230 e. The predicted molar refractivity (Wildman–Crippen MR) is 96.3 cm³/mol. The third kappa shape index (κ3) is 4.64. The Morgan fingerprint density at radius 2 is 1.96 bits per heavy atom. The first kappa shape index (κ1) is 18.0. The van der Waals surface area contributed by atoms with Crippen molar-refractivity contribution in [3.8, 4) is 5.75 Å². The van der Waals surface area contributed by atoms with Gasteiger partial charge >= 0.3 is 0 Å². The summed E-state index contributed by atoms with van der Waals surface area (Å²) < 4.78 is 32.4. The normalized spacial score (nSPS) is 10.6. The van der Waals surface area contributed by atoms with E-state index in [-0.39, 0.29) is 12.1 Å². The number of nitrogens with one attached hydrogen (secondary N) is 1. The van der Waals surface area contributed by atoms with Crippen molar-refractivity contribution in [3.05, 3.63) is 75.7 Å². The van der Waals surface area contributed by atoms with Crippen molar-refractivity contribution in [1.29, 1.82) is 0 Å². The molecular weight excluding hydrogens is 358 g/mol. The SMILES string of the molecule is Cc1ccc(OCc2nc(CC(=O)Nc3cccc(F)c3F)cs2)cc1. The standard InChI is InChI=1S/C19H16F2N2O2S/c1-12-5-7-14(8-6-12)25-10-18-22-13(11-26-18)9-17(24)23-16-4-2-3-15(20)19(16)21/h2-8,11H,9-10H2,1H3,(H,23,24). The molecule has 0 bridgehead atoms. The molecule has 2 aromatic carbocycles. The van der Waals surface area contributed by atoms with Crippen LogP contribution in [0, 0.1) is 18.6 Å². The molecule has 7 heteroatoms. The van der Waals surface area contributed by atoms with E-state index in [1.165, 1.54) is 23.5 Å². The van der Waals surface area contributed by atoms with Crippen LogP contribution in [0.4, 0.5) is 14.5 Å². The third-order valence-electron chi connectivity index (χ3n) is 3.55. The lowest BCUT2D eigenvalue weighted by Gasteiger charge is -2.06. The fourth-order valence-electron chi connectivity index (χ4n) is 2.24. The van der Waals surface area contributed by atoms with Gasteiger partial charge in [-0.1, -0.05) is 23.8 Å². The molecule has 0 saturated carbocycles. The highest BCUT2D eigenvalue weighted by atomic mass is 32.1. The summed E-state index contributed by atoms with van der Waals surface area (Å²) in [6.07, 6.45) is -0.0308. The Morgan fingerprint density at radius 3 is 2.73 bits per heavy atom. The van der Waals surface area contributed by atoms with Gasteiger partial charge in [0.2, 0.25) is 5.91 Å². The van der Waals surface area contributed by atoms with E-state index in [2.05, 4.69) is 10.3 Å². The maximum absolute atomic E-state index is 13.6. The van der Waals surface area contributed by atoms with E-state index in [1.54, 1.807) is 5.38 Å². The molecule has 0 spiro atoms. The summed E-state index contributed by atoms with van der Waals surface area (Å²) in [7, 11) is 0. The Kier molecular flexibility index (Phi) is 5.58. The predicted octanol–water partition coefficient (Wildman–Crippen LogP) is 4.49. The number of aryl methyl sites for hydroxylation is 1. The van der Waals surface area contributed by atoms with E-state index in [9.17, 15) is 13.6 Å². The highest BCUT2D eigenvalue weighted by molar-refractivity contribution is 7.09. The molecular formula is C19H16F2N2O2S. The number of thiazole rings is 1. The largest absolute Gasteiger partial charge is 0.486 e. The lowest BCUT2D eigenvalue weighted by atomic mass is 10.2. The molecule has 0 aliphatic carbocycles. The van der Waals surface area contributed by atoms with Crippen molar-refractivity contribution >= 4 is 22.9 Å². The maximum Gasteiger partial charge on any atom is 0.230 e. The maximum atomic E-state index is 13.6. The summed E-state index contributed by atoms with van der Waals surface area (Å²) in [6.45, 7) is 2.30. The van der Waals surface area contributed by atoms with Crippen molar-refractivity contribution in [2.45, 2.75) is 20.0 Å². The number of anilines is 1. The Labute approximate surface area is 153 Å². The van der Waals surface area contributed by atoms with Crippen LogP contribution < -0.4 is 10.1 Å². The quantitative estimate of drug-likeness (QED) is 0.692. The molecule has 1 aromatic heterocycles. The molecule has 0 fully saturated rings. The van der Waals surface area contributed by atoms with E-state index in [0.717, 1.165) is 22.4 Å². The summed E-state index contributed by atoms with van der Waals surface area (Å²) >= 11 is 1.38. The first-order valence-corrected chi connectivity index (χ1v) is 8.76. The van der Waals surface area contributed by atoms with E-state index >= 15 is 0 Å². The van der Waals surface area contributed by atoms with Gasteiger partial charge in [-0.15, -0.1) is 11.3 Å².